The van der Waals surface area contributed by atoms with Crippen LogP contribution in [-0.4, -0.2) is 9.97 Å². The molecule has 0 spiro atoms. The number of hydrogen-bond donors (Lipinski definition) is 3. The molecule has 0 aliphatic carbocycles. The molecule has 16 heavy (non-hydrogen) atoms. The number of nitrogens with zero attached hydrogens (tertiary/aromatic N) is 2. The average Bonchev–Trinajstić information content (AvgIpc) is 2.78. The first kappa shape index (κ1) is 10.8. The van der Waals surface area contributed by atoms with E-state index < -0.39 is 0 Å². The Kier molecular flexibility index (Phi) is 3.28. The molecule has 6 nitrogen and oxygen atoms in total. The summed E-state index contributed by atoms with van der Waals surface area (Å²) >= 11 is 1.50. The van der Waals surface area contributed by atoms with E-state index in [0.717, 1.165) is 10.8 Å². The number of anilines is 2. The number of nitrogens with two attached hydrogens (primary N) is 2. The van der Waals surface area contributed by atoms with Gasteiger partial charge in [0, 0.05) is 6.07 Å². The minimum Gasteiger partial charge on any atom is -0.468 e. The van der Waals surface area contributed by atoms with Crippen LogP contribution in [0.15, 0.2) is 33.9 Å². The van der Waals surface area contributed by atoms with Gasteiger partial charge in [0.25, 0.3) is 0 Å². The first-order chi connectivity index (χ1) is 7.78. The lowest BCUT2D eigenvalue weighted by Gasteiger charge is -2.03. The third-order valence-corrected chi connectivity index (χ3v) is 2.74. The summed E-state index contributed by atoms with van der Waals surface area (Å²) in [6, 6.07) is 5.47. The monoisotopic (exact) mass is 237 g/mol. The smallest absolute Gasteiger partial charge is 0.223 e. The standard InChI is InChI=1S/C9H11N5OS/c10-9-12-7(14-11)4-8(13-9)16-5-6-2-1-3-15-6/h1-4H,5,11H2,(H3,10,12,13,14). The van der Waals surface area contributed by atoms with Crippen LogP contribution in [-0.2, 0) is 5.75 Å². The van der Waals surface area contributed by atoms with Gasteiger partial charge in [-0.3, -0.25) is 0 Å². The lowest BCUT2D eigenvalue weighted by molar-refractivity contribution is 0.530. The van der Waals surface area contributed by atoms with E-state index in [-0.39, 0.29) is 5.95 Å². The van der Waals surface area contributed by atoms with Gasteiger partial charge in [0.1, 0.15) is 16.6 Å². The van der Waals surface area contributed by atoms with Crippen molar-refractivity contribution in [3.05, 3.63) is 30.2 Å². The maximum absolute atomic E-state index is 5.53. The normalized spacial score (nSPS) is 10.3. The summed E-state index contributed by atoms with van der Waals surface area (Å²) in [4.78, 5) is 7.96. The van der Waals surface area contributed by atoms with Crippen LogP contribution < -0.4 is 17.0 Å². The fourth-order valence-corrected chi connectivity index (χ4v) is 1.94. The Labute approximate surface area is 96.4 Å². The fraction of sp³-hybridized carbons (Fsp3) is 0.111. The highest BCUT2D eigenvalue weighted by Crippen LogP contribution is 2.23. The highest BCUT2D eigenvalue weighted by atomic mass is 32.2. The van der Waals surface area contributed by atoms with E-state index in [0.29, 0.717) is 11.6 Å². The molecule has 0 bridgehead atoms. The molecular weight excluding hydrogens is 226 g/mol. The van der Waals surface area contributed by atoms with E-state index in [2.05, 4.69) is 15.4 Å². The predicted octanol–water partition coefficient (Wildman–Crippen LogP) is 1.23. The van der Waals surface area contributed by atoms with Crippen molar-refractivity contribution in [2.24, 2.45) is 5.84 Å². The van der Waals surface area contributed by atoms with Crippen LogP contribution in [0.3, 0.4) is 0 Å². The zero-order chi connectivity index (χ0) is 11.4. The third kappa shape index (κ3) is 2.65. The molecule has 0 saturated carbocycles. The summed E-state index contributed by atoms with van der Waals surface area (Å²) in [7, 11) is 0. The van der Waals surface area contributed by atoms with Crippen LogP contribution in [0.1, 0.15) is 5.76 Å². The van der Waals surface area contributed by atoms with Crippen molar-refractivity contribution < 1.29 is 4.42 Å². The molecule has 0 amide bonds. The van der Waals surface area contributed by atoms with Crippen molar-refractivity contribution in [1.29, 1.82) is 0 Å². The molecule has 0 aliphatic rings. The highest BCUT2D eigenvalue weighted by molar-refractivity contribution is 7.98. The Morgan fingerprint density at radius 3 is 3.00 bits per heavy atom. The summed E-state index contributed by atoms with van der Waals surface area (Å²) in [6.07, 6.45) is 1.64. The van der Waals surface area contributed by atoms with Gasteiger partial charge in [0.05, 0.1) is 12.0 Å². The van der Waals surface area contributed by atoms with Gasteiger partial charge < -0.3 is 15.6 Å². The highest BCUT2D eigenvalue weighted by Gasteiger charge is 2.03. The molecule has 0 unspecified atom stereocenters. The third-order valence-electron chi connectivity index (χ3n) is 1.81. The molecule has 2 heterocycles. The fourth-order valence-electron chi connectivity index (χ4n) is 1.13. The molecule has 84 valence electrons. The Morgan fingerprint density at radius 1 is 1.44 bits per heavy atom. The van der Waals surface area contributed by atoms with Crippen molar-refractivity contribution in [3.8, 4) is 0 Å². The number of hydrogen-bond acceptors (Lipinski definition) is 7. The number of nitrogen functional groups attached to an aromatic ring is 2. The molecule has 2 rings (SSSR count). The van der Waals surface area contributed by atoms with E-state index in [1.807, 2.05) is 12.1 Å². The van der Waals surface area contributed by atoms with Gasteiger partial charge in [-0.25, -0.2) is 10.8 Å². The van der Waals surface area contributed by atoms with Crippen molar-refractivity contribution in [3.63, 3.8) is 0 Å². The second-order valence-corrected chi connectivity index (χ2v) is 3.96. The Balaban J connectivity index is 2.06. The predicted molar refractivity (Wildman–Crippen MR) is 62.5 cm³/mol. The number of hydrazine groups is 1. The average molecular weight is 237 g/mol. The van der Waals surface area contributed by atoms with Crippen LogP contribution in [0.2, 0.25) is 0 Å². The Morgan fingerprint density at radius 2 is 2.31 bits per heavy atom. The number of aromatic nitrogens is 2. The van der Waals surface area contributed by atoms with Gasteiger partial charge in [0.2, 0.25) is 5.95 Å². The second kappa shape index (κ2) is 4.86. The van der Waals surface area contributed by atoms with Crippen molar-refractivity contribution >= 4 is 23.5 Å². The maximum atomic E-state index is 5.53. The molecule has 2 aromatic heterocycles. The quantitative estimate of drug-likeness (QED) is 0.318. The zero-order valence-electron chi connectivity index (χ0n) is 8.38. The summed E-state index contributed by atoms with van der Waals surface area (Å²) in [5, 5.41) is 0.747. The number of thioether (sulfide) groups is 1. The minimum absolute atomic E-state index is 0.192. The summed E-state index contributed by atoms with van der Waals surface area (Å²) in [6.45, 7) is 0. The Bertz CT molecular complexity index is 459. The van der Waals surface area contributed by atoms with Gasteiger partial charge in [-0.1, -0.05) is 11.8 Å². The lowest BCUT2D eigenvalue weighted by Crippen LogP contribution is -2.10. The molecule has 0 saturated heterocycles. The van der Waals surface area contributed by atoms with E-state index >= 15 is 0 Å². The molecular formula is C9H11N5OS. The first-order valence-electron chi connectivity index (χ1n) is 4.54. The van der Waals surface area contributed by atoms with E-state index in [1.54, 1.807) is 12.3 Å². The number of nitrogens with one attached hydrogen (secondary N) is 1. The van der Waals surface area contributed by atoms with Gasteiger partial charge >= 0.3 is 0 Å². The van der Waals surface area contributed by atoms with Crippen LogP contribution in [0.25, 0.3) is 0 Å². The van der Waals surface area contributed by atoms with Crippen molar-refractivity contribution in [1.82, 2.24) is 9.97 Å². The maximum Gasteiger partial charge on any atom is 0.223 e. The number of furan rings is 1. The topological polar surface area (TPSA) is 103 Å². The summed E-state index contributed by atoms with van der Waals surface area (Å²) in [5.41, 5.74) is 7.96. The zero-order valence-corrected chi connectivity index (χ0v) is 9.20. The summed E-state index contributed by atoms with van der Waals surface area (Å²) in [5.74, 6) is 7.51. The lowest BCUT2D eigenvalue weighted by atomic mass is 10.5. The molecule has 0 aliphatic heterocycles. The van der Waals surface area contributed by atoms with Crippen molar-refractivity contribution in [2.45, 2.75) is 10.8 Å². The molecule has 2 aromatic rings. The van der Waals surface area contributed by atoms with Crippen LogP contribution >= 0.6 is 11.8 Å². The van der Waals surface area contributed by atoms with Crippen LogP contribution in [0.5, 0.6) is 0 Å². The van der Waals surface area contributed by atoms with Gasteiger partial charge in [-0.15, -0.1) is 0 Å². The largest absolute Gasteiger partial charge is 0.468 e. The second-order valence-electron chi connectivity index (χ2n) is 2.96. The molecule has 7 heteroatoms. The SMILES string of the molecule is NNc1cc(SCc2ccco2)nc(N)n1. The molecule has 0 fully saturated rings. The van der Waals surface area contributed by atoms with Crippen LogP contribution in [0, 0.1) is 0 Å². The molecule has 0 aromatic carbocycles. The van der Waals surface area contributed by atoms with Crippen LogP contribution in [0.4, 0.5) is 11.8 Å². The van der Waals surface area contributed by atoms with E-state index in [1.165, 1.54) is 11.8 Å². The van der Waals surface area contributed by atoms with Gasteiger partial charge in [-0.2, -0.15) is 4.98 Å². The molecule has 0 atom stereocenters. The van der Waals surface area contributed by atoms with E-state index in [9.17, 15) is 0 Å². The number of rotatable bonds is 4. The Hall–Kier alpha value is -1.73. The molecule has 0 radical (unpaired) electrons. The van der Waals surface area contributed by atoms with Gasteiger partial charge in [-0.05, 0) is 12.1 Å². The van der Waals surface area contributed by atoms with E-state index in [4.69, 9.17) is 16.0 Å². The van der Waals surface area contributed by atoms with Gasteiger partial charge in [0.15, 0.2) is 0 Å². The van der Waals surface area contributed by atoms with Crippen molar-refractivity contribution in [2.75, 3.05) is 11.2 Å². The first-order valence-corrected chi connectivity index (χ1v) is 5.53. The molecule has 5 N–H and O–H groups in total. The minimum atomic E-state index is 0.192. The summed E-state index contributed by atoms with van der Waals surface area (Å²) < 4.78 is 5.21.